The van der Waals surface area contributed by atoms with Crippen molar-refractivity contribution >= 4 is 5.57 Å². The van der Waals surface area contributed by atoms with Crippen molar-refractivity contribution in [1.29, 1.82) is 0 Å². The smallest absolute Gasteiger partial charge is 0.0224 e. The number of benzene rings is 1. The van der Waals surface area contributed by atoms with Crippen LogP contribution < -0.4 is 5.32 Å². The van der Waals surface area contributed by atoms with E-state index in [0.717, 1.165) is 0 Å². The molecule has 0 saturated carbocycles. The number of likely N-dealkylation sites (N-methyl/N-ethyl adjacent to an activating group) is 1. The molecule has 70 valence electrons. The van der Waals surface area contributed by atoms with Crippen LogP contribution in [0.2, 0.25) is 0 Å². The zero-order valence-electron chi connectivity index (χ0n) is 8.54. The minimum absolute atomic E-state index is 0.431. The molecule has 0 aliphatic rings. The lowest BCUT2D eigenvalue weighted by atomic mass is 10.1. The van der Waals surface area contributed by atoms with Crippen LogP contribution in [0.1, 0.15) is 19.4 Å². The molecule has 0 radical (unpaired) electrons. The summed E-state index contributed by atoms with van der Waals surface area (Å²) in [4.78, 5) is 0. The van der Waals surface area contributed by atoms with Crippen molar-refractivity contribution < 1.29 is 0 Å². The van der Waals surface area contributed by atoms with Crippen molar-refractivity contribution in [2.45, 2.75) is 19.9 Å². The number of hydrogen-bond acceptors (Lipinski definition) is 1. The Morgan fingerprint density at radius 2 is 1.92 bits per heavy atom. The van der Waals surface area contributed by atoms with Gasteiger partial charge in [0.25, 0.3) is 0 Å². The van der Waals surface area contributed by atoms with Gasteiger partial charge in [-0.25, -0.2) is 0 Å². The maximum Gasteiger partial charge on any atom is 0.0224 e. The SMILES string of the molecule is CNC(C)C=C(C)c1ccccc1. The van der Waals surface area contributed by atoms with Crippen LogP contribution in [-0.4, -0.2) is 13.1 Å². The molecule has 1 unspecified atom stereocenters. The molecule has 0 spiro atoms. The molecular weight excluding hydrogens is 158 g/mol. The molecule has 1 aromatic rings. The topological polar surface area (TPSA) is 12.0 Å². The van der Waals surface area contributed by atoms with Gasteiger partial charge < -0.3 is 5.32 Å². The normalized spacial score (nSPS) is 14.2. The molecule has 0 heterocycles. The molecule has 1 nitrogen and oxygen atoms in total. The molecule has 0 fully saturated rings. The van der Waals surface area contributed by atoms with Gasteiger partial charge >= 0.3 is 0 Å². The van der Waals surface area contributed by atoms with Crippen LogP contribution in [0.5, 0.6) is 0 Å². The third kappa shape index (κ3) is 3.03. The average molecular weight is 175 g/mol. The van der Waals surface area contributed by atoms with Gasteiger partial charge in [0.05, 0.1) is 0 Å². The number of rotatable bonds is 3. The third-order valence-electron chi connectivity index (χ3n) is 2.18. The molecular formula is C12H17N. The largest absolute Gasteiger partial charge is 0.314 e. The van der Waals surface area contributed by atoms with Gasteiger partial charge in [-0.3, -0.25) is 0 Å². The highest BCUT2D eigenvalue weighted by Crippen LogP contribution is 2.12. The average Bonchev–Trinajstić information content (AvgIpc) is 2.19. The van der Waals surface area contributed by atoms with E-state index in [9.17, 15) is 0 Å². The Kier molecular flexibility index (Phi) is 3.71. The second kappa shape index (κ2) is 4.83. The Labute approximate surface area is 80.5 Å². The Hall–Kier alpha value is -1.08. The van der Waals surface area contributed by atoms with Crippen LogP contribution in [0.4, 0.5) is 0 Å². The molecule has 1 aromatic carbocycles. The predicted molar refractivity (Wildman–Crippen MR) is 58.6 cm³/mol. The van der Waals surface area contributed by atoms with E-state index in [2.05, 4.69) is 49.5 Å². The predicted octanol–water partition coefficient (Wildman–Crippen LogP) is 2.70. The van der Waals surface area contributed by atoms with Crippen molar-refractivity contribution in [3.05, 3.63) is 42.0 Å². The van der Waals surface area contributed by atoms with E-state index in [0.29, 0.717) is 6.04 Å². The van der Waals surface area contributed by atoms with Gasteiger partial charge in [-0.15, -0.1) is 0 Å². The first-order valence-corrected chi connectivity index (χ1v) is 4.65. The Bertz CT molecular complexity index is 274. The Balaban J connectivity index is 2.79. The highest BCUT2D eigenvalue weighted by Gasteiger charge is 1.96. The number of hydrogen-bond donors (Lipinski definition) is 1. The minimum atomic E-state index is 0.431. The number of nitrogens with one attached hydrogen (secondary N) is 1. The molecule has 13 heavy (non-hydrogen) atoms. The second-order valence-electron chi connectivity index (χ2n) is 3.29. The van der Waals surface area contributed by atoms with Gasteiger partial charge in [-0.2, -0.15) is 0 Å². The van der Waals surface area contributed by atoms with E-state index in [4.69, 9.17) is 0 Å². The van der Waals surface area contributed by atoms with Gasteiger partial charge in [0.2, 0.25) is 0 Å². The van der Waals surface area contributed by atoms with Crippen LogP contribution in [-0.2, 0) is 0 Å². The fourth-order valence-electron chi connectivity index (χ4n) is 1.26. The van der Waals surface area contributed by atoms with Crippen LogP contribution in [0.3, 0.4) is 0 Å². The van der Waals surface area contributed by atoms with E-state index in [1.54, 1.807) is 0 Å². The summed E-state index contributed by atoms with van der Waals surface area (Å²) >= 11 is 0. The Morgan fingerprint density at radius 1 is 1.31 bits per heavy atom. The zero-order valence-corrected chi connectivity index (χ0v) is 8.54. The first-order chi connectivity index (χ1) is 6.24. The van der Waals surface area contributed by atoms with Gasteiger partial charge in [-0.1, -0.05) is 36.4 Å². The number of allylic oxidation sites excluding steroid dienone is 1. The lowest BCUT2D eigenvalue weighted by Gasteiger charge is -2.06. The van der Waals surface area contributed by atoms with Gasteiger partial charge in [-0.05, 0) is 32.0 Å². The zero-order chi connectivity index (χ0) is 9.68. The van der Waals surface area contributed by atoms with E-state index >= 15 is 0 Å². The summed E-state index contributed by atoms with van der Waals surface area (Å²) in [6.45, 7) is 4.29. The minimum Gasteiger partial charge on any atom is -0.314 e. The summed E-state index contributed by atoms with van der Waals surface area (Å²) in [6.07, 6.45) is 2.23. The summed E-state index contributed by atoms with van der Waals surface area (Å²) in [5.41, 5.74) is 2.62. The first-order valence-electron chi connectivity index (χ1n) is 4.65. The van der Waals surface area contributed by atoms with Crippen molar-refractivity contribution in [2.75, 3.05) is 7.05 Å². The maximum absolute atomic E-state index is 3.19. The lowest BCUT2D eigenvalue weighted by Crippen LogP contribution is -2.18. The highest BCUT2D eigenvalue weighted by atomic mass is 14.8. The van der Waals surface area contributed by atoms with Gasteiger partial charge in [0, 0.05) is 6.04 Å². The lowest BCUT2D eigenvalue weighted by molar-refractivity contribution is 0.730. The van der Waals surface area contributed by atoms with Crippen molar-refractivity contribution in [2.24, 2.45) is 0 Å². The van der Waals surface area contributed by atoms with Crippen LogP contribution in [0, 0.1) is 0 Å². The molecule has 1 rings (SSSR count). The van der Waals surface area contributed by atoms with Crippen molar-refractivity contribution in [1.82, 2.24) is 5.32 Å². The summed E-state index contributed by atoms with van der Waals surface area (Å²) < 4.78 is 0. The summed E-state index contributed by atoms with van der Waals surface area (Å²) in [6, 6.07) is 10.9. The summed E-state index contributed by atoms with van der Waals surface area (Å²) in [5, 5.41) is 3.19. The standard InChI is InChI=1S/C12H17N/c1-10(9-11(2)13-3)12-7-5-4-6-8-12/h4-9,11,13H,1-3H3. The van der Waals surface area contributed by atoms with E-state index in [-0.39, 0.29) is 0 Å². The van der Waals surface area contributed by atoms with Gasteiger partial charge in [0.15, 0.2) is 0 Å². The molecule has 0 bridgehead atoms. The fraction of sp³-hybridized carbons (Fsp3) is 0.333. The molecule has 1 atom stereocenters. The Morgan fingerprint density at radius 3 is 2.46 bits per heavy atom. The molecule has 0 saturated heterocycles. The summed E-state index contributed by atoms with van der Waals surface area (Å²) in [5.74, 6) is 0. The van der Waals surface area contributed by atoms with Crippen LogP contribution in [0.25, 0.3) is 5.57 Å². The van der Waals surface area contributed by atoms with Crippen molar-refractivity contribution in [3.63, 3.8) is 0 Å². The molecule has 1 N–H and O–H groups in total. The molecule has 0 aliphatic carbocycles. The van der Waals surface area contributed by atoms with E-state index < -0.39 is 0 Å². The quantitative estimate of drug-likeness (QED) is 0.744. The first kappa shape index (κ1) is 10.0. The molecule has 0 aliphatic heterocycles. The highest BCUT2D eigenvalue weighted by molar-refractivity contribution is 5.63. The van der Waals surface area contributed by atoms with Crippen LogP contribution >= 0.6 is 0 Å². The van der Waals surface area contributed by atoms with Crippen molar-refractivity contribution in [3.8, 4) is 0 Å². The molecule has 1 heteroatoms. The van der Waals surface area contributed by atoms with E-state index in [1.165, 1.54) is 11.1 Å². The fourth-order valence-corrected chi connectivity index (χ4v) is 1.26. The second-order valence-corrected chi connectivity index (χ2v) is 3.29. The van der Waals surface area contributed by atoms with E-state index in [1.807, 2.05) is 13.1 Å². The van der Waals surface area contributed by atoms with Crippen LogP contribution in [0.15, 0.2) is 36.4 Å². The molecule has 0 amide bonds. The molecule has 0 aromatic heterocycles. The third-order valence-corrected chi connectivity index (χ3v) is 2.18. The summed E-state index contributed by atoms with van der Waals surface area (Å²) in [7, 11) is 1.97. The monoisotopic (exact) mass is 175 g/mol. The maximum atomic E-state index is 3.19. The van der Waals surface area contributed by atoms with Gasteiger partial charge in [0.1, 0.15) is 0 Å².